The van der Waals surface area contributed by atoms with E-state index in [1.807, 2.05) is 50.2 Å². The summed E-state index contributed by atoms with van der Waals surface area (Å²) in [7, 11) is 0. The molecule has 0 spiro atoms. The van der Waals surface area contributed by atoms with Gasteiger partial charge in [-0.05, 0) is 31.5 Å². The summed E-state index contributed by atoms with van der Waals surface area (Å²) in [5.41, 5.74) is 10.7. The highest BCUT2D eigenvalue weighted by Gasteiger charge is 2.17. The quantitative estimate of drug-likeness (QED) is 0.549. The number of nitrogens with two attached hydrogens (primary N) is 1. The van der Waals surface area contributed by atoms with Crippen LogP contribution in [-0.4, -0.2) is 10.8 Å². The van der Waals surface area contributed by atoms with Crippen molar-refractivity contribution in [2.24, 2.45) is 0 Å². The van der Waals surface area contributed by atoms with Crippen molar-refractivity contribution < 1.29 is 4.79 Å². The molecule has 0 bridgehead atoms. The van der Waals surface area contributed by atoms with Gasteiger partial charge >= 0.3 is 0 Å². The maximum absolute atomic E-state index is 12.7. The van der Waals surface area contributed by atoms with Crippen molar-refractivity contribution in [3.05, 3.63) is 64.8 Å². The van der Waals surface area contributed by atoms with Crippen LogP contribution in [0, 0.1) is 13.8 Å². The lowest BCUT2D eigenvalue weighted by Crippen LogP contribution is -2.04. The summed E-state index contributed by atoms with van der Waals surface area (Å²) in [6.07, 6.45) is 0. The Balaban J connectivity index is 2.17. The Bertz CT molecular complexity index is 815. The van der Waals surface area contributed by atoms with Gasteiger partial charge in [0.25, 0.3) is 0 Å². The van der Waals surface area contributed by atoms with Crippen molar-refractivity contribution >= 4 is 22.4 Å². The predicted molar refractivity (Wildman–Crippen MR) is 82.1 cm³/mol. The van der Waals surface area contributed by atoms with E-state index in [1.165, 1.54) is 0 Å². The number of nitrogen functional groups attached to an aromatic ring is 1. The molecule has 0 aliphatic heterocycles. The van der Waals surface area contributed by atoms with Gasteiger partial charge in [-0.15, -0.1) is 0 Å². The molecule has 2 aromatic carbocycles. The van der Waals surface area contributed by atoms with Gasteiger partial charge in [-0.3, -0.25) is 4.79 Å². The molecule has 0 radical (unpaired) electrons. The maximum Gasteiger partial charge on any atom is 0.195 e. The summed E-state index contributed by atoms with van der Waals surface area (Å²) < 4.78 is 0. The lowest BCUT2D eigenvalue weighted by molar-refractivity contribution is 0.104. The summed E-state index contributed by atoms with van der Waals surface area (Å²) in [5, 5.41) is 0.953. The number of nitrogens with one attached hydrogen (secondary N) is 1. The molecule has 100 valence electrons. The topological polar surface area (TPSA) is 58.9 Å². The zero-order valence-corrected chi connectivity index (χ0v) is 11.5. The number of para-hydroxylation sites is 1. The smallest absolute Gasteiger partial charge is 0.195 e. The summed E-state index contributed by atoms with van der Waals surface area (Å²) in [4.78, 5) is 16.0. The first-order valence-corrected chi connectivity index (χ1v) is 6.56. The van der Waals surface area contributed by atoms with Crippen LogP contribution in [0.25, 0.3) is 10.9 Å². The third-order valence-electron chi connectivity index (χ3n) is 3.66. The number of ketones is 1. The molecular weight excluding hydrogens is 248 g/mol. The Hall–Kier alpha value is -2.55. The van der Waals surface area contributed by atoms with E-state index in [9.17, 15) is 4.79 Å². The van der Waals surface area contributed by atoms with Crippen molar-refractivity contribution in [3.63, 3.8) is 0 Å². The van der Waals surface area contributed by atoms with E-state index in [4.69, 9.17) is 5.73 Å². The van der Waals surface area contributed by atoms with Gasteiger partial charge in [-0.2, -0.15) is 0 Å². The second-order valence-electron chi connectivity index (χ2n) is 5.07. The van der Waals surface area contributed by atoms with E-state index < -0.39 is 0 Å². The predicted octanol–water partition coefficient (Wildman–Crippen LogP) is 3.60. The number of carbonyl (C=O) groups excluding carboxylic acids is 1. The fourth-order valence-electron chi connectivity index (χ4n) is 2.50. The zero-order valence-electron chi connectivity index (χ0n) is 11.5. The number of H-pyrrole nitrogens is 1. The fourth-order valence-corrected chi connectivity index (χ4v) is 2.50. The van der Waals surface area contributed by atoms with Gasteiger partial charge in [-0.25, -0.2) is 0 Å². The first-order chi connectivity index (χ1) is 9.58. The molecule has 0 amide bonds. The average molecular weight is 264 g/mol. The molecule has 3 nitrogen and oxygen atoms in total. The molecule has 0 fully saturated rings. The van der Waals surface area contributed by atoms with E-state index in [1.54, 1.807) is 6.07 Å². The number of anilines is 1. The van der Waals surface area contributed by atoms with Crippen LogP contribution < -0.4 is 5.73 Å². The summed E-state index contributed by atoms with van der Waals surface area (Å²) in [5.74, 6) is 0.00616. The SMILES string of the molecule is Cc1ccc(C(=O)c2c(C)[nH]c3ccccc23)cc1N. The maximum atomic E-state index is 12.7. The van der Waals surface area contributed by atoms with Crippen LogP contribution in [0.3, 0.4) is 0 Å². The Morgan fingerprint density at radius 1 is 1.10 bits per heavy atom. The zero-order chi connectivity index (χ0) is 14.3. The molecule has 3 rings (SSSR count). The average Bonchev–Trinajstić information content (AvgIpc) is 2.77. The van der Waals surface area contributed by atoms with Gasteiger partial charge in [-0.1, -0.05) is 30.3 Å². The summed E-state index contributed by atoms with van der Waals surface area (Å²) in [6.45, 7) is 3.85. The van der Waals surface area contributed by atoms with Crippen LogP contribution in [-0.2, 0) is 0 Å². The Morgan fingerprint density at radius 2 is 1.85 bits per heavy atom. The minimum atomic E-state index is 0.00616. The molecule has 20 heavy (non-hydrogen) atoms. The number of aromatic amines is 1. The number of rotatable bonds is 2. The van der Waals surface area contributed by atoms with Crippen LogP contribution in [0.1, 0.15) is 27.2 Å². The van der Waals surface area contributed by atoms with Crippen molar-refractivity contribution in [3.8, 4) is 0 Å². The van der Waals surface area contributed by atoms with E-state index in [-0.39, 0.29) is 5.78 Å². The first kappa shape index (κ1) is 12.5. The lowest BCUT2D eigenvalue weighted by atomic mass is 9.99. The van der Waals surface area contributed by atoms with Gasteiger partial charge in [0, 0.05) is 27.8 Å². The van der Waals surface area contributed by atoms with Gasteiger partial charge in [0.1, 0.15) is 0 Å². The molecular formula is C17H16N2O. The molecule has 3 N–H and O–H groups in total. The van der Waals surface area contributed by atoms with E-state index in [0.29, 0.717) is 11.3 Å². The lowest BCUT2D eigenvalue weighted by Gasteiger charge is -2.05. The highest BCUT2D eigenvalue weighted by molar-refractivity contribution is 6.17. The third-order valence-corrected chi connectivity index (χ3v) is 3.66. The Morgan fingerprint density at radius 3 is 2.60 bits per heavy atom. The molecule has 1 aromatic heterocycles. The highest BCUT2D eigenvalue weighted by Crippen LogP contribution is 2.25. The van der Waals surface area contributed by atoms with Gasteiger partial charge in [0.15, 0.2) is 5.78 Å². The standard InChI is InChI=1S/C17H16N2O/c1-10-7-8-12(9-14(10)18)17(20)16-11(2)19-15-6-4-3-5-13(15)16/h3-9,19H,18H2,1-2H3. The number of hydrogen-bond acceptors (Lipinski definition) is 2. The van der Waals surface area contributed by atoms with Crippen molar-refractivity contribution in [1.29, 1.82) is 0 Å². The number of benzene rings is 2. The summed E-state index contributed by atoms with van der Waals surface area (Å²) in [6, 6.07) is 13.3. The molecule has 0 aliphatic carbocycles. The molecule has 0 saturated carbocycles. The van der Waals surface area contributed by atoms with E-state index in [2.05, 4.69) is 4.98 Å². The minimum absolute atomic E-state index is 0.00616. The molecule has 0 atom stereocenters. The monoisotopic (exact) mass is 264 g/mol. The summed E-state index contributed by atoms with van der Waals surface area (Å²) >= 11 is 0. The van der Waals surface area contributed by atoms with Crippen molar-refractivity contribution in [2.75, 3.05) is 5.73 Å². The Labute approximate surface area is 117 Å². The van der Waals surface area contributed by atoms with E-state index >= 15 is 0 Å². The third kappa shape index (κ3) is 1.88. The van der Waals surface area contributed by atoms with E-state index in [0.717, 1.165) is 27.7 Å². The van der Waals surface area contributed by atoms with Crippen molar-refractivity contribution in [1.82, 2.24) is 4.98 Å². The van der Waals surface area contributed by atoms with Crippen LogP contribution in [0.15, 0.2) is 42.5 Å². The Kier molecular flexibility index (Phi) is 2.83. The molecule has 0 unspecified atom stereocenters. The van der Waals surface area contributed by atoms with Crippen LogP contribution in [0.2, 0.25) is 0 Å². The highest BCUT2D eigenvalue weighted by atomic mass is 16.1. The second kappa shape index (κ2) is 4.53. The second-order valence-corrected chi connectivity index (χ2v) is 5.07. The normalized spacial score (nSPS) is 10.9. The van der Waals surface area contributed by atoms with Gasteiger partial charge in [0.05, 0.1) is 5.56 Å². The van der Waals surface area contributed by atoms with Crippen LogP contribution >= 0.6 is 0 Å². The molecule has 3 heteroatoms. The molecule has 1 heterocycles. The molecule has 0 saturated heterocycles. The number of aryl methyl sites for hydroxylation is 2. The molecule has 3 aromatic rings. The number of aromatic nitrogens is 1. The van der Waals surface area contributed by atoms with Gasteiger partial charge in [0.2, 0.25) is 0 Å². The number of fused-ring (bicyclic) bond motifs is 1. The van der Waals surface area contributed by atoms with Gasteiger partial charge < -0.3 is 10.7 Å². The van der Waals surface area contributed by atoms with Crippen LogP contribution in [0.5, 0.6) is 0 Å². The first-order valence-electron chi connectivity index (χ1n) is 6.56. The minimum Gasteiger partial charge on any atom is -0.398 e. The largest absolute Gasteiger partial charge is 0.398 e. The fraction of sp³-hybridized carbons (Fsp3) is 0.118. The number of hydrogen-bond donors (Lipinski definition) is 2. The van der Waals surface area contributed by atoms with Crippen LogP contribution in [0.4, 0.5) is 5.69 Å². The van der Waals surface area contributed by atoms with Crippen molar-refractivity contribution in [2.45, 2.75) is 13.8 Å². The number of carbonyl (C=O) groups is 1. The molecule has 0 aliphatic rings.